The van der Waals surface area contributed by atoms with Crippen LogP contribution in [0.15, 0.2) is 23.1 Å². The van der Waals surface area contributed by atoms with Crippen molar-refractivity contribution in [1.82, 2.24) is 0 Å². The quantitative estimate of drug-likeness (QED) is 0.640. The van der Waals surface area contributed by atoms with Crippen LogP contribution in [0.25, 0.3) is 0 Å². The molecule has 0 heterocycles. The SMILES string of the molecule is CCOc1c[c]ccc1SC. The van der Waals surface area contributed by atoms with Gasteiger partial charge in [-0.2, -0.15) is 0 Å². The van der Waals surface area contributed by atoms with Crippen molar-refractivity contribution in [3.05, 3.63) is 24.3 Å². The third-order valence-corrected chi connectivity index (χ3v) is 2.09. The van der Waals surface area contributed by atoms with Gasteiger partial charge in [0.15, 0.2) is 0 Å². The third kappa shape index (κ3) is 2.15. The molecule has 0 amide bonds. The van der Waals surface area contributed by atoms with E-state index in [0.29, 0.717) is 6.61 Å². The summed E-state index contributed by atoms with van der Waals surface area (Å²) in [7, 11) is 0. The fourth-order valence-corrected chi connectivity index (χ4v) is 1.36. The molecule has 1 radical (unpaired) electrons. The Bertz CT molecular complexity index is 223. The molecule has 0 N–H and O–H groups in total. The third-order valence-electron chi connectivity index (χ3n) is 1.31. The zero-order valence-electron chi connectivity index (χ0n) is 6.76. The van der Waals surface area contributed by atoms with Crippen LogP contribution in [-0.2, 0) is 0 Å². The summed E-state index contributed by atoms with van der Waals surface area (Å²) in [5.41, 5.74) is 0. The second-order valence-corrected chi connectivity index (χ2v) is 2.86. The van der Waals surface area contributed by atoms with E-state index in [-0.39, 0.29) is 0 Å². The van der Waals surface area contributed by atoms with Crippen LogP contribution in [0.5, 0.6) is 5.75 Å². The van der Waals surface area contributed by atoms with Gasteiger partial charge in [0, 0.05) is 4.90 Å². The van der Waals surface area contributed by atoms with Crippen molar-refractivity contribution in [2.24, 2.45) is 0 Å². The summed E-state index contributed by atoms with van der Waals surface area (Å²) in [6.45, 7) is 2.70. The monoisotopic (exact) mass is 167 g/mol. The average Bonchev–Trinajstić information content (AvgIpc) is 2.06. The molecule has 2 heteroatoms. The summed E-state index contributed by atoms with van der Waals surface area (Å²) in [5.74, 6) is 0.933. The van der Waals surface area contributed by atoms with Crippen LogP contribution in [0, 0.1) is 6.07 Å². The number of hydrogen-bond donors (Lipinski definition) is 0. The molecule has 0 spiro atoms. The van der Waals surface area contributed by atoms with E-state index >= 15 is 0 Å². The molecule has 0 atom stereocenters. The molecule has 0 bridgehead atoms. The molecule has 0 aromatic heterocycles. The molecule has 0 unspecified atom stereocenters. The van der Waals surface area contributed by atoms with E-state index in [2.05, 4.69) is 6.07 Å². The lowest BCUT2D eigenvalue weighted by atomic mass is 10.3. The van der Waals surface area contributed by atoms with Crippen molar-refractivity contribution in [2.75, 3.05) is 12.9 Å². The topological polar surface area (TPSA) is 9.23 Å². The van der Waals surface area contributed by atoms with E-state index < -0.39 is 0 Å². The Hall–Kier alpha value is -0.630. The largest absolute Gasteiger partial charge is 0.493 e. The van der Waals surface area contributed by atoms with Crippen LogP contribution in [-0.4, -0.2) is 12.9 Å². The Kier molecular flexibility index (Phi) is 3.30. The Morgan fingerprint density at radius 2 is 2.45 bits per heavy atom. The van der Waals surface area contributed by atoms with Gasteiger partial charge in [0.1, 0.15) is 5.75 Å². The summed E-state index contributed by atoms with van der Waals surface area (Å²) in [5, 5.41) is 0. The van der Waals surface area contributed by atoms with E-state index in [9.17, 15) is 0 Å². The van der Waals surface area contributed by atoms with Crippen molar-refractivity contribution < 1.29 is 4.74 Å². The van der Waals surface area contributed by atoms with Crippen molar-refractivity contribution in [3.63, 3.8) is 0 Å². The molecule has 0 aliphatic carbocycles. The zero-order chi connectivity index (χ0) is 8.10. The normalized spacial score (nSPS) is 9.64. The van der Waals surface area contributed by atoms with Gasteiger partial charge in [-0.25, -0.2) is 0 Å². The molecule has 0 fully saturated rings. The van der Waals surface area contributed by atoms with Crippen LogP contribution in [0.1, 0.15) is 6.92 Å². The Labute approximate surface area is 71.8 Å². The van der Waals surface area contributed by atoms with Gasteiger partial charge >= 0.3 is 0 Å². The highest BCUT2D eigenvalue weighted by molar-refractivity contribution is 7.98. The number of thioether (sulfide) groups is 1. The molecule has 0 saturated carbocycles. The first-order chi connectivity index (χ1) is 5.38. The lowest BCUT2D eigenvalue weighted by Crippen LogP contribution is -1.92. The fraction of sp³-hybridized carbons (Fsp3) is 0.333. The van der Waals surface area contributed by atoms with E-state index in [1.165, 1.54) is 4.90 Å². The predicted octanol–water partition coefficient (Wildman–Crippen LogP) is 2.61. The first-order valence-corrected chi connectivity index (χ1v) is 4.78. The second-order valence-electron chi connectivity index (χ2n) is 2.01. The lowest BCUT2D eigenvalue weighted by molar-refractivity contribution is 0.332. The molecular formula is C9H11OS. The predicted molar refractivity (Wildman–Crippen MR) is 48.2 cm³/mol. The van der Waals surface area contributed by atoms with Crippen molar-refractivity contribution in [1.29, 1.82) is 0 Å². The van der Waals surface area contributed by atoms with Gasteiger partial charge in [-0.05, 0) is 31.4 Å². The van der Waals surface area contributed by atoms with Crippen LogP contribution in [0.2, 0.25) is 0 Å². The van der Waals surface area contributed by atoms with Gasteiger partial charge < -0.3 is 4.74 Å². The van der Waals surface area contributed by atoms with Gasteiger partial charge in [0.05, 0.1) is 6.61 Å². The van der Waals surface area contributed by atoms with Gasteiger partial charge in [0.25, 0.3) is 0 Å². The van der Waals surface area contributed by atoms with E-state index in [4.69, 9.17) is 4.74 Å². The summed E-state index contributed by atoms with van der Waals surface area (Å²) in [6.07, 6.45) is 2.04. The molecule has 59 valence electrons. The van der Waals surface area contributed by atoms with Crippen LogP contribution >= 0.6 is 11.8 Å². The summed E-state index contributed by atoms with van der Waals surface area (Å²) >= 11 is 1.69. The first kappa shape index (κ1) is 8.47. The minimum Gasteiger partial charge on any atom is -0.493 e. The van der Waals surface area contributed by atoms with E-state index in [0.717, 1.165) is 5.75 Å². The van der Waals surface area contributed by atoms with Gasteiger partial charge in [0.2, 0.25) is 0 Å². The Balaban J connectivity index is 2.83. The number of hydrogen-bond acceptors (Lipinski definition) is 2. The maximum absolute atomic E-state index is 5.38. The maximum atomic E-state index is 5.38. The molecule has 0 aliphatic heterocycles. The zero-order valence-corrected chi connectivity index (χ0v) is 7.57. The van der Waals surface area contributed by atoms with Crippen molar-refractivity contribution >= 4 is 11.8 Å². The summed E-state index contributed by atoms with van der Waals surface area (Å²) < 4.78 is 5.38. The van der Waals surface area contributed by atoms with Crippen LogP contribution in [0.3, 0.4) is 0 Å². The Morgan fingerprint density at radius 1 is 1.64 bits per heavy atom. The fourth-order valence-electron chi connectivity index (χ4n) is 0.838. The maximum Gasteiger partial charge on any atom is 0.133 e. The molecule has 1 nitrogen and oxygen atoms in total. The second kappa shape index (κ2) is 4.29. The van der Waals surface area contributed by atoms with Gasteiger partial charge in [-0.3, -0.25) is 0 Å². The highest BCUT2D eigenvalue weighted by atomic mass is 32.2. The summed E-state index contributed by atoms with van der Waals surface area (Å²) in [4.78, 5) is 1.17. The lowest BCUT2D eigenvalue weighted by Gasteiger charge is -2.06. The highest BCUT2D eigenvalue weighted by Crippen LogP contribution is 2.26. The molecular weight excluding hydrogens is 156 g/mol. The van der Waals surface area contributed by atoms with Crippen LogP contribution in [0.4, 0.5) is 0 Å². The minimum atomic E-state index is 0.714. The molecule has 1 rings (SSSR count). The molecule has 0 saturated heterocycles. The van der Waals surface area contributed by atoms with Crippen molar-refractivity contribution in [2.45, 2.75) is 11.8 Å². The standard InChI is InChI=1S/C9H11OS/c1-3-10-8-6-4-5-7-9(8)11-2/h5-7H,3H2,1-2H3. The van der Waals surface area contributed by atoms with Gasteiger partial charge in [-0.1, -0.05) is 6.07 Å². The van der Waals surface area contributed by atoms with Gasteiger partial charge in [-0.15, -0.1) is 11.8 Å². The smallest absolute Gasteiger partial charge is 0.133 e. The molecule has 0 aliphatic rings. The Morgan fingerprint density at radius 3 is 3.09 bits per heavy atom. The van der Waals surface area contributed by atoms with Crippen molar-refractivity contribution in [3.8, 4) is 5.75 Å². The average molecular weight is 167 g/mol. The molecule has 11 heavy (non-hydrogen) atoms. The highest BCUT2D eigenvalue weighted by Gasteiger charge is 1.98. The number of rotatable bonds is 3. The minimum absolute atomic E-state index is 0.714. The molecule has 1 aromatic rings. The van der Waals surface area contributed by atoms with E-state index in [1.807, 2.05) is 31.4 Å². The van der Waals surface area contributed by atoms with E-state index in [1.54, 1.807) is 11.8 Å². The number of ether oxygens (including phenoxy) is 1. The number of benzene rings is 1. The first-order valence-electron chi connectivity index (χ1n) is 3.55. The molecule has 1 aromatic carbocycles. The van der Waals surface area contributed by atoms with Crippen LogP contribution < -0.4 is 4.74 Å². The summed E-state index contributed by atoms with van der Waals surface area (Å²) in [6, 6.07) is 8.76.